The molecular formula is C13H19N3. The van der Waals surface area contributed by atoms with Gasteiger partial charge in [0.15, 0.2) is 0 Å². The first kappa shape index (κ1) is 11.1. The second-order valence-corrected chi connectivity index (χ2v) is 4.99. The number of fused-ring (bicyclic) bond motifs is 1. The van der Waals surface area contributed by atoms with Crippen molar-refractivity contribution in [2.75, 3.05) is 0 Å². The Kier molecular flexibility index (Phi) is 2.70. The van der Waals surface area contributed by atoms with Gasteiger partial charge in [0.25, 0.3) is 0 Å². The number of nitrogens with one attached hydrogen (secondary N) is 1. The molecule has 0 aliphatic heterocycles. The van der Waals surface area contributed by atoms with E-state index in [-0.39, 0.29) is 0 Å². The lowest BCUT2D eigenvalue weighted by Crippen LogP contribution is -2.03. The SMILES string of the molecule is Cc1cc2nc(C(C)C)nc(C(C)C)c2[nH]1. The molecular weight excluding hydrogens is 198 g/mol. The Labute approximate surface area is 96.3 Å². The summed E-state index contributed by atoms with van der Waals surface area (Å²) in [6.07, 6.45) is 0. The molecule has 2 rings (SSSR count). The Hall–Kier alpha value is -1.38. The fraction of sp³-hybridized carbons (Fsp3) is 0.538. The molecule has 0 bridgehead atoms. The topological polar surface area (TPSA) is 41.6 Å². The molecule has 16 heavy (non-hydrogen) atoms. The first-order valence-electron chi connectivity index (χ1n) is 5.86. The standard InChI is InChI=1S/C13H19N3/c1-7(2)11-12-10(6-9(5)14-12)15-13(16-11)8(3)4/h6-8,14H,1-5H3. The number of aromatic nitrogens is 3. The van der Waals surface area contributed by atoms with Crippen molar-refractivity contribution in [1.82, 2.24) is 15.0 Å². The van der Waals surface area contributed by atoms with Gasteiger partial charge in [0.2, 0.25) is 0 Å². The normalized spacial score (nSPS) is 11.9. The maximum Gasteiger partial charge on any atom is 0.131 e. The zero-order valence-corrected chi connectivity index (χ0v) is 10.6. The van der Waals surface area contributed by atoms with Crippen molar-refractivity contribution in [3.63, 3.8) is 0 Å². The van der Waals surface area contributed by atoms with E-state index in [1.807, 2.05) is 0 Å². The highest BCUT2D eigenvalue weighted by Crippen LogP contribution is 2.24. The monoisotopic (exact) mass is 217 g/mol. The summed E-state index contributed by atoms with van der Waals surface area (Å²) in [7, 11) is 0. The van der Waals surface area contributed by atoms with Gasteiger partial charge in [-0.3, -0.25) is 0 Å². The smallest absolute Gasteiger partial charge is 0.131 e. The van der Waals surface area contributed by atoms with E-state index in [0.717, 1.165) is 28.2 Å². The molecule has 0 unspecified atom stereocenters. The predicted octanol–water partition coefficient (Wildman–Crippen LogP) is 3.51. The van der Waals surface area contributed by atoms with Crippen molar-refractivity contribution >= 4 is 11.0 Å². The molecule has 0 saturated carbocycles. The highest BCUT2D eigenvalue weighted by atomic mass is 14.9. The van der Waals surface area contributed by atoms with Crippen LogP contribution in [0.3, 0.4) is 0 Å². The fourth-order valence-electron chi connectivity index (χ4n) is 1.86. The third-order valence-corrected chi connectivity index (χ3v) is 2.72. The molecule has 2 aromatic heterocycles. The van der Waals surface area contributed by atoms with E-state index < -0.39 is 0 Å². The van der Waals surface area contributed by atoms with Gasteiger partial charge in [0.1, 0.15) is 5.82 Å². The van der Waals surface area contributed by atoms with Crippen LogP contribution in [0.2, 0.25) is 0 Å². The van der Waals surface area contributed by atoms with E-state index in [2.05, 4.69) is 55.6 Å². The van der Waals surface area contributed by atoms with E-state index in [9.17, 15) is 0 Å². The van der Waals surface area contributed by atoms with Crippen LogP contribution in [0.15, 0.2) is 6.07 Å². The number of nitrogens with zero attached hydrogens (tertiary/aromatic N) is 2. The van der Waals surface area contributed by atoms with E-state index >= 15 is 0 Å². The van der Waals surface area contributed by atoms with Gasteiger partial charge < -0.3 is 4.98 Å². The van der Waals surface area contributed by atoms with Crippen LogP contribution >= 0.6 is 0 Å². The quantitative estimate of drug-likeness (QED) is 0.836. The van der Waals surface area contributed by atoms with Gasteiger partial charge in [-0.05, 0) is 18.9 Å². The molecule has 3 nitrogen and oxygen atoms in total. The highest BCUT2D eigenvalue weighted by molar-refractivity contribution is 5.78. The molecule has 86 valence electrons. The molecule has 1 N–H and O–H groups in total. The number of hydrogen-bond donors (Lipinski definition) is 1. The average Bonchev–Trinajstić information content (AvgIpc) is 2.55. The summed E-state index contributed by atoms with van der Waals surface area (Å²) in [6, 6.07) is 2.09. The number of H-pyrrole nitrogens is 1. The Morgan fingerprint density at radius 1 is 1.06 bits per heavy atom. The van der Waals surface area contributed by atoms with Crippen molar-refractivity contribution in [2.45, 2.75) is 46.5 Å². The summed E-state index contributed by atoms with van der Waals surface area (Å²) in [5.41, 5.74) is 4.41. The lowest BCUT2D eigenvalue weighted by molar-refractivity contribution is 0.742. The molecule has 0 radical (unpaired) electrons. The van der Waals surface area contributed by atoms with Crippen LogP contribution < -0.4 is 0 Å². The first-order chi connectivity index (χ1) is 7.49. The van der Waals surface area contributed by atoms with Crippen molar-refractivity contribution in [1.29, 1.82) is 0 Å². The maximum atomic E-state index is 4.67. The third kappa shape index (κ3) is 1.82. The van der Waals surface area contributed by atoms with Crippen molar-refractivity contribution < 1.29 is 0 Å². The molecule has 2 heterocycles. The van der Waals surface area contributed by atoms with Gasteiger partial charge in [-0.2, -0.15) is 0 Å². The van der Waals surface area contributed by atoms with E-state index in [1.165, 1.54) is 0 Å². The van der Waals surface area contributed by atoms with Gasteiger partial charge >= 0.3 is 0 Å². The number of rotatable bonds is 2. The summed E-state index contributed by atoms with van der Waals surface area (Å²) >= 11 is 0. The van der Waals surface area contributed by atoms with Gasteiger partial charge in [-0.1, -0.05) is 27.7 Å². The van der Waals surface area contributed by atoms with Crippen molar-refractivity contribution in [2.24, 2.45) is 0 Å². The van der Waals surface area contributed by atoms with Crippen LogP contribution in [0.5, 0.6) is 0 Å². The lowest BCUT2D eigenvalue weighted by Gasteiger charge is -2.10. The van der Waals surface area contributed by atoms with Gasteiger partial charge in [0.05, 0.1) is 16.7 Å². The molecule has 3 heteroatoms. The number of hydrogen-bond acceptors (Lipinski definition) is 2. The highest BCUT2D eigenvalue weighted by Gasteiger charge is 2.14. The molecule has 0 saturated heterocycles. The minimum atomic E-state index is 0.372. The Balaban J connectivity index is 2.73. The van der Waals surface area contributed by atoms with Crippen molar-refractivity contribution in [3.8, 4) is 0 Å². The van der Waals surface area contributed by atoms with Crippen LogP contribution in [0, 0.1) is 6.92 Å². The predicted molar refractivity (Wildman–Crippen MR) is 66.8 cm³/mol. The molecule has 0 fully saturated rings. The molecule has 0 aliphatic rings. The summed E-state index contributed by atoms with van der Waals surface area (Å²) in [6.45, 7) is 10.7. The zero-order valence-electron chi connectivity index (χ0n) is 10.6. The third-order valence-electron chi connectivity index (χ3n) is 2.72. The van der Waals surface area contributed by atoms with E-state index in [0.29, 0.717) is 11.8 Å². The first-order valence-corrected chi connectivity index (χ1v) is 5.86. The average molecular weight is 217 g/mol. The van der Waals surface area contributed by atoms with Gasteiger partial charge in [-0.15, -0.1) is 0 Å². The summed E-state index contributed by atoms with van der Waals surface area (Å²) in [5, 5.41) is 0. The molecule has 0 atom stereocenters. The Morgan fingerprint density at radius 2 is 1.75 bits per heavy atom. The lowest BCUT2D eigenvalue weighted by atomic mass is 10.1. The van der Waals surface area contributed by atoms with Crippen LogP contribution in [0.1, 0.15) is 56.7 Å². The maximum absolute atomic E-state index is 4.67. The number of aryl methyl sites for hydroxylation is 1. The van der Waals surface area contributed by atoms with E-state index in [1.54, 1.807) is 0 Å². The van der Waals surface area contributed by atoms with Crippen molar-refractivity contribution in [3.05, 3.63) is 23.3 Å². The Bertz CT molecular complexity index is 509. The number of aromatic amines is 1. The van der Waals surface area contributed by atoms with Crippen LogP contribution in [-0.2, 0) is 0 Å². The van der Waals surface area contributed by atoms with Crippen LogP contribution in [-0.4, -0.2) is 15.0 Å². The molecule has 0 amide bonds. The Morgan fingerprint density at radius 3 is 2.31 bits per heavy atom. The molecule has 0 aromatic carbocycles. The zero-order chi connectivity index (χ0) is 11.9. The minimum absolute atomic E-state index is 0.372. The summed E-state index contributed by atoms with van der Waals surface area (Å²) < 4.78 is 0. The van der Waals surface area contributed by atoms with Crippen LogP contribution in [0.4, 0.5) is 0 Å². The second kappa shape index (κ2) is 3.89. The van der Waals surface area contributed by atoms with Crippen LogP contribution in [0.25, 0.3) is 11.0 Å². The minimum Gasteiger partial charge on any atom is -0.356 e. The summed E-state index contributed by atoms with van der Waals surface area (Å²) in [4.78, 5) is 12.6. The fourth-order valence-corrected chi connectivity index (χ4v) is 1.86. The molecule has 2 aromatic rings. The molecule has 0 aliphatic carbocycles. The molecule has 0 spiro atoms. The largest absolute Gasteiger partial charge is 0.356 e. The second-order valence-electron chi connectivity index (χ2n) is 4.99. The van der Waals surface area contributed by atoms with Gasteiger partial charge in [-0.25, -0.2) is 9.97 Å². The summed E-state index contributed by atoms with van der Waals surface area (Å²) in [5.74, 6) is 1.73. The van der Waals surface area contributed by atoms with Gasteiger partial charge in [0, 0.05) is 11.6 Å². The van der Waals surface area contributed by atoms with E-state index in [4.69, 9.17) is 0 Å².